The molecular weight excluding hydrogens is 298 g/mol. The largest absolute Gasteiger partial charge is 0.291 e. The monoisotopic (exact) mass is 325 g/mol. The van der Waals surface area contributed by atoms with E-state index in [-0.39, 0.29) is 5.54 Å². The Bertz CT molecular complexity index is 688. The van der Waals surface area contributed by atoms with E-state index in [2.05, 4.69) is 52.5 Å². The van der Waals surface area contributed by atoms with Gasteiger partial charge in [-0.2, -0.15) is 4.68 Å². The lowest BCUT2D eigenvalue weighted by Gasteiger charge is -2.43. The molecule has 128 valence electrons. The topological polar surface area (TPSA) is 46.8 Å². The van der Waals surface area contributed by atoms with Crippen molar-refractivity contribution in [3.63, 3.8) is 0 Å². The van der Waals surface area contributed by atoms with E-state index in [1.54, 1.807) is 0 Å². The summed E-state index contributed by atoms with van der Waals surface area (Å²) in [6.07, 6.45) is 8.84. The van der Waals surface area contributed by atoms with Gasteiger partial charge in [-0.15, -0.1) is 5.10 Å². The number of likely N-dealkylation sites (tertiary alicyclic amines) is 1. The second-order valence-electron chi connectivity index (χ2n) is 7.44. The van der Waals surface area contributed by atoms with Gasteiger partial charge in [0.25, 0.3) is 0 Å². The number of hydrogen-bond donors (Lipinski definition) is 0. The highest BCUT2D eigenvalue weighted by Gasteiger charge is 2.45. The summed E-state index contributed by atoms with van der Waals surface area (Å²) in [7, 11) is 0. The van der Waals surface area contributed by atoms with Crippen molar-refractivity contribution in [2.45, 2.75) is 64.3 Å². The van der Waals surface area contributed by atoms with Crippen LogP contribution >= 0.6 is 0 Å². The van der Waals surface area contributed by atoms with E-state index in [4.69, 9.17) is 0 Å². The molecule has 1 aliphatic carbocycles. The van der Waals surface area contributed by atoms with Gasteiger partial charge in [-0.1, -0.05) is 37.5 Å². The van der Waals surface area contributed by atoms with Crippen molar-refractivity contribution in [3.05, 3.63) is 35.2 Å². The molecule has 1 aromatic heterocycles. The third-order valence-corrected chi connectivity index (χ3v) is 5.93. The predicted octanol–water partition coefficient (Wildman–Crippen LogP) is 3.53. The fourth-order valence-electron chi connectivity index (χ4n) is 4.73. The number of hydrogen-bond acceptors (Lipinski definition) is 4. The molecule has 0 bridgehead atoms. The average Bonchev–Trinajstić information content (AvgIpc) is 3.28. The zero-order valence-corrected chi connectivity index (χ0v) is 14.8. The molecule has 2 aromatic rings. The van der Waals surface area contributed by atoms with Crippen molar-refractivity contribution in [2.75, 3.05) is 13.1 Å². The fraction of sp³-hybridized carbons (Fsp3) is 0.632. The highest BCUT2D eigenvalue weighted by atomic mass is 15.6. The Kier molecular flexibility index (Phi) is 4.12. The summed E-state index contributed by atoms with van der Waals surface area (Å²) in [4.78, 5) is 2.67. The van der Waals surface area contributed by atoms with Gasteiger partial charge in [0.2, 0.25) is 0 Å². The SMILES string of the molecule is Cc1cccc(C)c1-n1nnnc1C1(N2CCCC2)CCCCC1. The first kappa shape index (κ1) is 15.8. The zero-order valence-electron chi connectivity index (χ0n) is 14.8. The third kappa shape index (κ3) is 2.46. The first-order valence-corrected chi connectivity index (χ1v) is 9.33. The average molecular weight is 325 g/mol. The Morgan fingerprint density at radius 3 is 2.25 bits per heavy atom. The van der Waals surface area contributed by atoms with Gasteiger partial charge in [-0.3, -0.25) is 4.90 Å². The minimum Gasteiger partial charge on any atom is -0.291 e. The van der Waals surface area contributed by atoms with E-state index in [0.717, 1.165) is 11.5 Å². The molecule has 5 nitrogen and oxygen atoms in total. The van der Waals surface area contributed by atoms with Gasteiger partial charge in [-0.25, -0.2) is 0 Å². The molecular formula is C19H27N5. The van der Waals surface area contributed by atoms with Crippen molar-refractivity contribution in [1.29, 1.82) is 0 Å². The fourth-order valence-corrected chi connectivity index (χ4v) is 4.73. The molecule has 5 heteroatoms. The highest BCUT2D eigenvalue weighted by Crippen LogP contribution is 2.43. The standard InChI is InChI=1S/C19H27N5/c1-15-9-8-10-16(2)17(15)24-18(20-21-22-24)19(11-4-3-5-12-19)23-13-6-7-14-23/h8-10H,3-7,11-14H2,1-2H3. The van der Waals surface area contributed by atoms with Crippen LogP contribution in [0.3, 0.4) is 0 Å². The van der Waals surface area contributed by atoms with Gasteiger partial charge in [-0.05, 0) is 74.2 Å². The lowest BCUT2D eigenvalue weighted by Crippen LogP contribution is -2.48. The van der Waals surface area contributed by atoms with Crippen molar-refractivity contribution >= 4 is 0 Å². The molecule has 2 aliphatic rings. The van der Waals surface area contributed by atoms with Crippen molar-refractivity contribution in [3.8, 4) is 5.69 Å². The molecule has 0 spiro atoms. The van der Waals surface area contributed by atoms with Gasteiger partial charge in [0.15, 0.2) is 5.82 Å². The Labute approximate surface area is 144 Å². The van der Waals surface area contributed by atoms with Crippen LogP contribution in [0.1, 0.15) is 61.9 Å². The first-order valence-electron chi connectivity index (χ1n) is 9.33. The number of para-hydroxylation sites is 1. The quantitative estimate of drug-likeness (QED) is 0.866. The summed E-state index contributed by atoms with van der Waals surface area (Å²) in [6.45, 7) is 6.66. The van der Waals surface area contributed by atoms with Crippen molar-refractivity contribution in [2.24, 2.45) is 0 Å². The second-order valence-corrected chi connectivity index (χ2v) is 7.44. The van der Waals surface area contributed by atoms with Crippen LogP contribution in [0.5, 0.6) is 0 Å². The van der Waals surface area contributed by atoms with Gasteiger partial charge in [0, 0.05) is 0 Å². The summed E-state index contributed by atoms with van der Waals surface area (Å²) in [5, 5.41) is 13.1. The normalized spacial score (nSPS) is 21.2. The first-order chi connectivity index (χ1) is 11.7. The van der Waals surface area contributed by atoms with E-state index < -0.39 is 0 Å². The van der Waals surface area contributed by atoms with E-state index in [9.17, 15) is 0 Å². The lowest BCUT2D eigenvalue weighted by molar-refractivity contribution is 0.0595. The maximum Gasteiger partial charge on any atom is 0.176 e. The Morgan fingerprint density at radius 2 is 1.58 bits per heavy atom. The van der Waals surface area contributed by atoms with Crippen molar-refractivity contribution < 1.29 is 0 Å². The number of aromatic nitrogens is 4. The molecule has 1 saturated carbocycles. The molecule has 2 fully saturated rings. The summed E-state index contributed by atoms with van der Waals surface area (Å²) in [5.74, 6) is 1.06. The smallest absolute Gasteiger partial charge is 0.176 e. The molecule has 2 heterocycles. The number of rotatable bonds is 3. The molecule has 4 rings (SSSR count). The summed E-state index contributed by atoms with van der Waals surface area (Å²) >= 11 is 0. The van der Waals surface area contributed by atoms with E-state index in [1.807, 2.05) is 4.68 Å². The maximum absolute atomic E-state index is 4.58. The molecule has 1 aromatic carbocycles. The van der Waals surface area contributed by atoms with Crippen molar-refractivity contribution in [1.82, 2.24) is 25.1 Å². The van der Waals surface area contributed by atoms with E-state index in [0.29, 0.717) is 0 Å². The number of tetrazole rings is 1. The highest BCUT2D eigenvalue weighted by molar-refractivity contribution is 5.47. The van der Waals surface area contributed by atoms with Crippen LogP contribution in [-0.4, -0.2) is 38.2 Å². The Hall–Kier alpha value is -1.75. The molecule has 0 N–H and O–H groups in total. The van der Waals surface area contributed by atoms with Crippen LogP contribution in [-0.2, 0) is 5.54 Å². The van der Waals surface area contributed by atoms with Gasteiger partial charge in [0.05, 0.1) is 11.2 Å². The number of aryl methyl sites for hydroxylation is 2. The third-order valence-electron chi connectivity index (χ3n) is 5.93. The van der Waals surface area contributed by atoms with Gasteiger partial charge < -0.3 is 0 Å². The molecule has 0 radical (unpaired) electrons. The molecule has 0 atom stereocenters. The second kappa shape index (κ2) is 6.28. The van der Waals surface area contributed by atoms with Crippen LogP contribution in [0.25, 0.3) is 5.69 Å². The van der Waals surface area contributed by atoms with Crippen LogP contribution in [0, 0.1) is 13.8 Å². The van der Waals surface area contributed by atoms with Crippen LogP contribution in [0.4, 0.5) is 0 Å². The molecule has 24 heavy (non-hydrogen) atoms. The Balaban J connectivity index is 1.85. The summed E-state index contributed by atoms with van der Waals surface area (Å²) in [6, 6.07) is 6.41. The molecule has 1 aliphatic heterocycles. The Morgan fingerprint density at radius 1 is 0.917 bits per heavy atom. The number of benzene rings is 1. The van der Waals surface area contributed by atoms with Crippen LogP contribution in [0.15, 0.2) is 18.2 Å². The summed E-state index contributed by atoms with van der Waals surface area (Å²) < 4.78 is 2.04. The van der Waals surface area contributed by atoms with Crippen LogP contribution < -0.4 is 0 Å². The van der Waals surface area contributed by atoms with Crippen LogP contribution in [0.2, 0.25) is 0 Å². The lowest BCUT2D eigenvalue weighted by atomic mass is 9.79. The van der Waals surface area contributed by atoms with Gasteiger partial charge in [0.1, 0.15) is 0 Å². The zero-order chi connectivity index (χ0) is 16.6. The minimum absolute atomic E-state index is 0.0208. The van der Waals surface area contributed by atoms with E-state index in [1.165, 1.54) is 69.2 Å². The maximum atomic E-state index is 4.58. The predicted molar refractivity (Wildman–Crippen MR) is 94.2 cm³/mol. The summed E-state index contributed by atoms with van der Waals surface area (Å²) in [5.41, 5.74) is 3.64. The number of nitrogens with zero attached hydrogens (tertiary/aromatic N) is 5. The van der Waals surface area contributed by atoms with Gasteiger partial charge >= 0.3 is 0 Å². The van der Waals surface area contributed by atoms with E-state index >= 15 is 0 Å². The molecule has 0 unspecified atom stereocenters. The molecule has 1 saturated heterocycles. The molecule has 0 amide bonds. The minimum atomic E-state index is 0.0208.